The number of carbonyl (C=O) groups excluding carboxylic acids is 2. The number of hydrogen-bond donors (Lipinski definition) is 1. The molecule has 2 heterocycles. The third-order valence-corrected chi connectivity index (χ3v) is 5.75. The lowest BCUT2D eigenvalue weighted by Crippen LogP contribution is -2.32. The van der Waals surface area contributed by atoms with Gasteiger partial charge in [0.25, 0.3) is 5.91 Å². The molecule has 0 fully saturated rings. The highest BCUT2D eigenvalue weighted by Crippen LogP contribution is 2.30. The summed E-state index contributed by atoms with van der Waals surface area (Å²) in [6, 6.07) is 12.4. The maximum Gasteiger partial charge on any atom is 0.339 e. The van der Waals surface area contributed by atoms with E-state index in [1.54, 1.807) is 18.2 Å². The van der Waals surface area contributed by atoms with Gasteiger partial charge in [0.05, 0.1) is 23.9 Å². The lowest BCUT2D eigenvalue weighted by atomic mass is 9.96. The Labute approximate surface area is 191 Å². The average molecular weight is 454 g/mol. The number of benzene rings is 2. The minimum atomic E-state index is -1.03. The number of nitrogens with one attached hydrogen (secondary N) is 1. The van der Waals surface area contributed by atoms with Gasteiger partial charge in [0.15, 0.2) is 6.10 Å². The second-order valence-electron chi connectivity index (χ2n) is 7.80. The number of pyridine rings is 1. The summed E-state index contributed by atoms with van der Waals surface area (Å²) in [6.45, 7) is 3.00. The number of anilines is 1. The van der Waals surface area contributed by atoms with Gasteiger partial charge in [-0.3, -0.25) is 9.78 Å². The first-order chi connectivity index (χ1) is 15.4. The number of amides is 1. The van der Waals surface area contributed by atoms with E-state index in [4.69, 9.17) is 26.1 Å². The summed E-state index contributed by atoms with van der Waals surface area (Å²) < 4.78 is 10.9. The van der Waals surface area contributed by atoms with E-state index >= 15 is 0 Å². The van der Waals surface area contributed by atoms with E-state index < -0.39 is 18.0 Å². The topological polar surface area (TPSA) is 80.8 Å². The fourth-order valence-electron chi connectivity index (χ4n) is 3.84. The zero-order chi connectivity index (χ0) is 22.8. The van der Waals surface area contributed by atoms with Gasteiger partial charge < -0.3 is 19.7 Å². The van der Waals surface area contributed by atoms with Crippen molar-refractivity contribution in [2.45, 2.75) is 26.0 Å². The molecule has 0 spiro atoms. The molecule has 1 aliphatic heterocycles. The fourth-order valence-corrected chi connectivity index (χ4v) is 4.02. The van der Waals surface area contributed by atoms with Gasteiger partial charge in [0, 0.05) is 41.2 Å². The van der Waals surface area contributed by atoms with Gasteiger partial charge in [-0.1, -0.05) is 29.8 Å². The molecular weight excluding hydrogens is 430 g/mol. The number of halogens is 1. The van der Waals surface area contributed by atoms with Crippen LogP contribution in [0.1, 0.15) is 28.5 Å². The number of aromatic nitrogens is 1. The Kier molecular flexibility index (Phi) is 6.30. The molecule has 1 amide bonds. The van der Waals surface area contributed by atoms with E-state index in [0.29, 0.717) is 28.6 Å². The van der Waals surface area contributed by atoms with Gasteiger partial charge >= 0.3 is 5.97 Å². The fraction of sp³-hybridized carbons (Fsp3) is 0.292. The Balaban J connectivity index is 1.61. The monoisotopic (exact) mass is 453 g/mol. The highest BCUT2D eigenvalue weighted by Gasteiger charge is 2.28. The van der Waals surface area contributed by atoms with Crippen LogP contribution in [0.15, 0.2) is 42.5 Å². The zero-order valence-corrected chi connectivity index (χ0v) is 18.9. The predicted octanol–water partition coefficient (Wildman–Crippen LogP) is 4.07. The molecule has 166 valence electrons. The van der Waals surface area contributed by atoms with Crippen molar-refractivity contribution in [1.82, 2.24) is 9.88 Å². The summed E-state index contributed by atoms with van der Waals surface area (Å²) >= 11 is 6.03. The Morgan fingerprint density at radius 1 is 1.22 bits per heavy atom. The van der Waals surface area contributed by atoms with E-state index in [1.807, 2.05) is 31.3 Å². The lowest BCUT2D eigenvalue weighted by molar-refractivity contribution is -0.123. The molecule has 3 aromatic rings. The molecule has 1 aromatic heterocycles. The molecular formula is C24H24ClN3O4. The van der Waals surface area contributed by atoms with Crippen molar-refractivity contribution in [1.29, 1.82) is 0 Å². The smallest absolute Gasteiger partial charge is 0.339 e. The second kappa shape index (κ2) is 9.14. The highest BCUT2D eigenvalue weighted by atomic mass is 35.5. The van der Waals surface area contributed by atoms with Crippen LogP contribution in [0.4, 0.5) is 5.69 Å². The number of ether oxygens (including phenoxy) is 2. The van der Waals surface area contributed by atoms with Crippen LogP contribution in [0.2, 0.25) is 5.02 Å². The van der Waals surface area contributed by atoms with Gasteiger partial charge in [0.1, 0.15) is 5.75 Å². The maximum atomic E-state index is 13.3. The minimum Gasteiger partial charge on any atom is -0.495 e. The highest BCUT2D eigenvalue weighted by molar-refractivity contribution is 6.31. The quantitative estimate of drug-likeness (QED) is 0.586. The number of rotatable bonds is 5. The Morgan fingerprint density at radius 3 is 2.78 bits per heavy atom. The molecule has 0 aliphatic carbocycles. The third-order valence-electron chi connectivity index (χ3n) is 5.51. The number of nitrogens with zero attached hydrogens (tertiary/aromatic N) is 2. The van der Waals surface area contributed by atoms with E-state index in [0.717, 1.165) is 35.1 Å². The summed E-state index contributed by atoms with van der Waals surface area (Å²) in [4.78, 5) is 32.9. The zero-order valence-electron chi connectivity index (χ0n) is 18.1. The van der Waals surface area contributed by atoms with Crippen molar-refractivity contribution >= 4 is 40.1 Å². The molecule has 8 heteroatoms. The summed E-state index contributed by atoms with van der Waals surface area (Å²) in [5, 5.41) is 3.89. The van der Waals surface area contributed by atoms with Gasteiger partial charge in [-0.05, 0) is 38.2 Å². The van der Waals surface area contributed by atoms with E-state index in [-0.39, 0.29) is 0 Å². The summed E-state index contributed by atoms with van der Waals surface area (Å²) in [6.07, 6.45) is -0.281. The number of esters is 1. The van der Waals surface area contributed by atoms with Crippen LogP contribution < -0.4 is 10.1 Å². The van der Waals surface area contributed by atoms with Crippen molar-refractivity contribution in [2.75, 3.05) is 26.0 Å². The van der Waals surface area contributed by atoms with E-state index in [2.05, 4.69) is 10.2 Å². The summed E-state index contributed by atoms with van der Waals surface area (Å²) in [5.74, 6) is -0.572. The van der Waals surface area contributed by atoms with Gasteiger partial charge in [-0.2, -0.15) is 0 Å². The first kappa shape index (κ1) is 22.0. The number of para-hydroxylation sites is 1. The molecule has 0 saturated heterocycles. The first-order valence-corrected chi connectivity index (χ1v) is 10.7. The Bertz CT molecular complexity index is 1200. The molecule has 32 heavy (non-hydrogen) atoms. The van der Waals surface area contributed by atoms with Crippen LogP contribution in [0.5, 0.6) is 5.75 Å². The lowest BCUT2D eigenvalue weighted by Gasteiger charge is -2.27. The van der Waals surface area contributed by atoms with Crippen molar-refractivity contribution in [3.05, 3.63) is 64.3 Å². The molecule has 1 N–H and O–H groups in total. The van der Waals surface area contributed by atoms with Crippen LogP contribution in [-0.2, 0) is 22.5 Å². The van der Waals surface area contributed by atoms with Crippen molar-refractivity contribution in [3.8, 4) is 5.75 Å². The van der Waals surface area contributed by atoms with E-state index in [9.17, 15) is 9.59 Å². The number of methoxy groups -OCH3 is 1. The molecule has 2 aromatic carbocycles. The molecule has 7 nitrogen and oxygen atoms in total. The average Bonchev–Trinajstić information content (AvgIpc) is 2.77. The van der Waals surface area contributed by atoms with Crippen LogP contribution >= 0.6 is 11.6 Å². The van der Waals surface area contributed by atoms with Crippen LogP contribution in [0.3, 0.4) is 0 Å². The molecule has 0 saturated carbocycles. The van der Waals surface area contributed by atoms with Crippen LogP contribution in [-0.4, -0.2) is 48.6 Å². The van der Waals surface area contributed by atoms with Crippen LogP contribution in [0, 0.1) is 0 Å². The largest absolute Gasteiger partial charge is 0.495 e. The molecule has 0 radical (unpaired) electrons. The summed E-state index contributed by atoms with van der Waals surface area (Å²) in [5.41, 5.74) is 3.36. The minimum absolute atomic E-state index is 0.404. The molecule has 1 atom stereocenters. The van der Waals surface area contributed by atoms with Gasteiger partial charge in [-0.15, -0.1) is 0 Å². The van der Waals surface area contributed by atoms with Gasteiger partial charge in [0.2, 0.25) is 0 Å². The third kappa shape index (κ3) is 4.40. The number of fused-ring (bicyclic) bond motifs is 2. The van der Waals surface area contributed by atoms with Gasteiger partial charge in [-0.25, -0.2) is 4.79 Å². The van der Waals surface area contributed by atoms with Crippen molar-refractivity contribution < 1.29 is 19.1 Å². The Hall–Kier alpha value is -3.16. The van der Waals surface area contributed by atoms with Crippen molar-refractivity contribution in [2.24, 2.45) is 0 Å². The normalized spacial score (nSPS) is 14.5. The summed E-state index contributed by atoms with van der Waals surface area (Å²) in [7, 11) is 3.50. The molecule has 1 unspecified atom stereocenters. The number of carbonyl (C=O) groups is 2. The Morgan fingerprint density at radius 2 is 2.00 bits per heavy atom. The molecule has 0 bridgehead atoms. The predicted molar refractivity (Wildman–Crippen MR) is 123 cm³/mol. The molecule has 4 rings (SSSR count). The SMILES string of the molecule is COc1ccc(Cl)cc1NC(=O)C(C)OC(=O)c1c2c(nc3ccccc13)CCN(C)C2. The first-order valence-electron chi connectivity index (χ1n) is 10.3. The van der Waals surface area contributed by atoms with Crippen LogP contribution in [0.25, 0.3) is 10.9 Å². The van der Waals surface area contributed by atoms with Crippen molar-refractivity contribution in [3.63, 3.8) is 0 Å². The maximum absolute atomic E-state index is 13.3. The standard InChI is InChI=1S/C24H24ClN3O4/c1-14(23(29)27-20-12-15(25)8-9-21(20)31-3)32-24(30)22-16-6-4-5-7-18(16)26-19-10-11-28(2)13-17(19)22/h4-9,12,14H,10-11,13H2,1-3H3,(H,27,29). The van der Waals surface area contributed by atoms with E-state index in [1.165, 1.54) is 14.0 Å². The number of hydrogen-bond acceptors (Lipinski definition) is 6. The second-order valence-corrected chi connectivity index (χ2v) is 8.23. The number of likely N-dealkylation sites (N-methyl/N-ethyl adjacent to an activating group) is 1. The molecule has 1 aliphatic rings.